The molecule has 1 saturated carbocycles. The van der Waals surface area contributed by atoms with Crippen LogP contribution in [0.25, 0.3) is 11.3 Å². The summed E-state index contributed by atoms with van der Waals surface area (Å²) in [5.74, 6) is 1.84. The average molecular weight is 405 g/mol. The van der Waals surface area contributed by atoms with Crippen molar-refractivity contribution in [2.24, 2.45) is 5.73 Å². The van der Waals surface area contributed by atoms with E-state index in [1.807, 2.05) is 30.3 Å². The van der Waals surface area contributed by atoms with Crippen LogP contribution in [0.1, 0.15) is 30.5 Å². The molecule has 4 N–H and O–H groups in total. The highest BCUT2D eigenvalue weighted by Gasteiger charge is 2.25. The van der Waals surface area contributed by atoms with E-state index in [-0.39, 0.29) is 17.8 Å². The summed E-state index contributed by atoms with van der Waals surface area (Å²) in [4.78, 5) is 8.16. The SMILES string of the molecule is COCc1cccc(O[C@@H]2CC[C@H](N)C2)c1-c1cc(Nc2cnc(C#N)cn2)n[nH]1. The van der Waals surface area contributed by atoms with Gasteiger partial charge in [0.05, 0.1) is 24.7 Å². The fourth-order valence-corrected chi connectivity index (χ4v) is 3.61. The number of H-pyrrole nitrogens is 1. The first-order chi connectivity index (χ1) is 14.7. The number of ether oxygens (including phenoxy) is 2. The lowest BCUT2D eigenvalue weighted by Gasteiger charge is -2.18. The van der Waals surface area contributed by atoms with Crippen LogP contribution in [0.2, 0.25) is 0 Å². The Bertz CT molecular complexity index is 1040. The number of aromatic nitrogens is 4. The summed E-state index contributed by atoms with van der Waals surface area (Å²) in [5, 5.41) is 19.3. The third kappa shape index (κ3) is 4.40. The van der Waals surface area contributed by atoms with Crippen LogP contribution in [-0.2, 0) is 11.3 Å². The largest absolute Gasteiger partial charge is 0.490 e. The van der Waals surface area contributed by atoms with Gasteiger partial charge in [0, 0.05) is 24.8 Å². The highest BCUT2D eigenvalue weighted by molar-refractivity contribution is 5.73. The molecule has 0 amide bonds. The lowest BCUT2D eigenvalue weighted by molar-refractivity contribution is 0.183. The van der Waals surface area contributed by atoms with Crippen LogP contribution in [0.3, 0.4) is 0 Å². The van der Waals surface area contributed by atoms with Crippen LogP contribution < -0.4 is 15.8 Å². The summed E-state index contributed by atoms with van der Waals surface area (Å²) in [6.45, 7) is 0.444. The number of hydrogen-bond acceptors (Lipinski definition) is 8. The van der Waals surface area contributed by atoms with E-state index in [0.29, 0.717) is 18.2 Å². The van der Waals surface area contributed by atoms with Crippen molar-refractivity contribution in [3.8, 4) is 23.1 Å². The second-order valence-electron chi connectivity index (χ2n) is 7.23. The van der Waals surface area contributed by atoms with Crippen molar-refractivity contribution in [1.82, 2.24) is 20.2 Å². The molecule has 0 aliphatic heterocycles. The van der Waals surface area contributed by atoms with Gasteiger partial charge in [0.2, 0.25) is 0 Å². The third-order valence-corrected chi connectivity index (χ3v) is 5.00. The molecule has 0 bridgehead atoms. The van der Waals surface area contributed by atoms with Crippen molar-refractivity contribution >= 4 is 11.6 Å². The van der Waals surface area contributed by atoms with Gasteiger partial charge in [-0.15, -0.1) is 0 Å². The number of nitrogens with two attached hydrogens (primary N) is 1. The maximum absolute atomic E-state index is 8.84. The van der Waals surface area contributed by atoms with Crippen LogP contribution >= 0.6 is 0 Å². The number of benzene rings is 1. The zero-order chi connectivity index (χ0) is 20.9. The summed E-state index contributed by atoms with van der Waals surface area (Å²) in [7, 11) is 1.66. The van der Waals surface area contributed by atoms with E-state index in [4.69, 9.17) is 20.5 Å². The second-order valence-corrected chi connectivity index (χ2v) is 7.23. The van der Waals surface area contributed by atoms with Gasteiger partial charge in [-0.1, -0.05) is 12.1 Å². The first-order valence-electron chi connectivity index (χ1n) is 9.74. The molecular formula is C21H23N7O2. The van der Waals surface area contributed by atoms with Crippen LogP contribution in [0, 0.1) is 11.3 Å². The molecule has 9 heteroatoms. The van der Waals surface area contributed by atoms with Crippen LogP contribution in [-0.4, -0.2) is 39.4 Å². The molecule has 2 atom stereocenters. The Morgan fingerprint density at radius 3 is 2.87 bits per heavy atom. The van der Waals surface area contributed by atoms with Crippen molar-refractivity contribution in [2.75, 3.05) is 12.4 Å². The Labute approximate surface area is 174 Å². The first-order valence-corrected chi connectivity index (χ1v) is 9.74. The minimum atomic E-state index is 0.103. The van der Waals surface area contributed by atoms with Gasteiger partial charge in [0.15, 0.2) is 11.5 Å². The Kier molecular flexibility index (Phi) is 5.88. The molecule has 0 spiro atoms. The van der Waals surface area contributed by atoms with Gasteiger partial charge in [0.25, 0.3) is 0 Å². The molecule has 9 nitrogen and oxygen atoms in total. The van der Waals surface area contributed by atoms with Crippen molar-refractivity contribution in [3.63, 3.8) is 0 Å². The lowest BCUT2D eigenvalue weighted by Crippen LogP contribution is -2.19. The van der Waals surface area contributed by atoms with Gasteiger partial charge < -0.3 is 20.5 Å². The molecule has 30 heavy (non-hydrogen) atoms. The number of aromatic amines is 1. The van der Waals surface area contributed by atoms with Crippen LogP contribution in [0.5, 0.6) is 5.75 Å². The van der Waals surface area contributed by atoms with Crippen molar-refractivity contribution < 1.29 is 9.47 Å². The van der Waals surface area contributed by atoms with Gasteiger partial charge in [-0.3, -0.25) is 5.10 Å². The molecule has 0 saturated heterocycles. The summed E-state index contributed by atoms with van der Waals surface area (Å²) >= 11 is 0. The van der Waals surface area contributed by atoms with E-state index >= 15 is 0 Å². The quantitative estimate of drug-likeness (QED) is 0.546. The van der Waals surface area contributed by atoms with E-state index in [1.54, 1.807) is 7.11 Å². The fraction of sp³-hybridized carbons (Fsp3) is 0.333. The molecule has 1 aliphatic rings. The Morgan fingerprint density at radius 1 is 1.27 bits per heavy atom. The highest BCUT2D eigenvalue weighted by Crippen LogP contribution is 2.36. The minimum Gasteiger partial charge on any atom is -0.490 e. The van der Waals surface area contributed by atoms with Gasteiger partial charge in [-0.25, -0.2) is 9.97 Å². The maximum Gasteiger partial charge on any atom is 0.158 e. The molecule has 2 aromatic heterocycles. The first kappa shape index (κ1) is 19.8. The zero-order valence-electron chi connectivity index (χ0n) is 16.6. The normalized spacial score (nSPS) is 18.2. The van der Waals surface area contributed by atoms with Gasteiger partial charge >= 0.3 is 0 Å². The van der Waals surface area contributed by atoms with Crippen molar-refractivity contribution in [3.05, 3.63) is 47.9 Å². The number of nitrogens with one attached hydrogen (secondary N) is 2. The second kappa shape index (κ2) is 8.90. The molecule has 3 aromatic rings. The van der Waals surface area contributed by atoms with E-state index in [9.17, 15) is 0 Å². The predicted molar refractivity (Wildman–Crippen MR) is 111 cm³/mol. The highest BCUT2D eigenvalue weighted by atomic mass is 16.5. The maximum atomic E-state index is 8.84. The molecule has 2 heterocycles. The van der Waals surface area contributed by atoms with E-state index < -0.39 is 0 Å². The number of hydrogen-bond donors (Lipinski definition) is 3. The summed E-state index contributed by atoms with van der Waals surface area (Å²) in [6.07, 6.45) is 5.77. The number of nitriles is 1. The molecule has 0 radical (unpaired) electrons. The number of rotatable bonds is 7. The Balaban J connectivity index is 1.61. The number of methoxy groups -OCH3 is 1. The standard InChI is InChI=1S/C21H23N7O2/c1-29-12-13-3-2-4-18(30-16-6-5-14(23)7-16)21(13)17-8-19(28-27-17)26-20-11-24-15(9-22)10-25-20/h2-4,8,10-11,14,16H,5-7,12,23H2,1H3,(H2,25,26,27,28)/t14-,16+/m0/s1. The molecule has 154 valence electrons. The Hall–Kier alpha value is -3.48. The van der Waals surface area contributed by atoms with Gasteiger partial charge in [-0.05, 0) is 30.9 Å². The van der Waals surface area contributed by atoms with Crippen LogP contribution in [0.4, 0.5) is 11.6 Å². The Morgan fingerprint density at radius 2 is 2.17 bits per heavy atom. The van der Waals surface area contributed by atoms with Gasteiger partial charge in [-0.2, -0.15) is 10.4 Å². The molecule has 4 rings (SSSR count). The summed E-state index contributed by atoms with van der Waals surface area (Å²) in [5.41, 5.74) is 9.00. The predicted octanol–water partition coefficient (Wildman–Crippen LogP) is 2.89. The fourth-order valence-electron chi connectivity index (χ4n) is 3.61. The molecule has 1 fully saturated rings. The third-order valence-electron chi connectivity index (χ3n) is 5.00. The summed E-state index contributed by atoms with van der Waals surface area (Å²) < 4.78 is 11.7. The van der Waals surface area contributed by atoms with Crippen molar-refractivity contribution in [1.29, 1.82) is 5.26 Å². The summed E-state index contributed by atoms with van der Waals surface area (Å²) in [6, 6.07) is 9.94. The molecule has 0 unspecified atom stereocenters. The molecule has 1 aromatic carbocycles. The minimum absolute atomic E-state index is 0.103. The van der Waals surface area contributed by atoms with Gasteiger partial charge in [0.1, 0.15) is 23.7 Å². The van der Waals surface area contributed by atoms with E-state index in [1.165, 1.54) is 12.4 Å². The monoisotopic (exact) mass is 405 g/mol. The van der Waals surface area contributed by atoms with Crippen LogP contribution in [0.15, 0.2) is 36.7 Å². The number of anilines is 2. The lowest BCUT2D eigenvalue weighted by atomic mass is 10.0. The topological polar surface area (TPSA) is 135 Å². The smallest absolute Gasteiger partial charge is 0.158 e. The zero-order valence-corrected chi connectivity index (χ0v) is 16.6. The number of nitrogens with zero attached hydrogens (tertiary/aromatic N) is 4. The van der Waals surface area contributed by atoms with E-state index in [2.05, 4.69) is 25.5 Å². The van der Waals surface area contributed by atoms with Crippen molar-refractivity contribution in [2.45, 2.75) is 38.0 Å². The molecular weight excluding hydrogens is 382 g/mol. The molecule has 1 aliphatic carbocycles. The average Bonchev–Trinajstić information content (AvgIpc) is 3.38. The van der Waals surface area contributed by atoms with E-state index in [0.717, 1.165) is 41.8 Å².